The first-order valence-electron chi connectivity index (χ1n) is 5.98. The minimum absolute atomic E-state index is 0.00652. The third-order valence-electron chi connectivity index (χ3n) is 2.60. The first kappa shape index (κ1) is 15.4. The van der Waals surface area contributed by atoms with Crippen molar-refractivity contribution in [2.24, 2.45) is 0 Å². The van der Waals surface area contributed by atoms with Crippen molar-refractivity contribution in [1.82, 2.24) is 4.98 Å². The van der Waals surface area contributed by atoms with Gasteiger partial charge >= 0.3 is 0 Å². The summed E-state index contributed by atoms with van der Waals surface area (Å²) >= 11 is 1.52. The van der Waals surface area contributed by atoms with Gasteiger partial charge in [-0.2, -0.15) is 0 Å². The van der Waals surface area contributed by atoms with Gasteiger partial charge in [0.15, 0.2) is 5.13 Å². The van der Waals surface area contributed by atoms with E-state index in [1.165, 1.54) is 11.3 Å². The molecular formula is C12H22N2O3S. The lowest BCUT2D eigenvalue weighted by molar-refractivity contribution is 0.178. The van der Waals surface area contributed by atoms with Crippen molar-refractivity contribution in [3.63, 3.8) is 0 Å². The molecule has 0 amide bonds. The van der Waals surface area contributed by atoms with Crippen molar-refractivity contribution < 1.29 is 14.6 Å². The minimum atomic E-state index is 0.00652. The standard InChI is InChI=1S/C12H22N2O3S/c1-9(2)14(5-6-16-3)12-13-10(8-17-4)11(7-15)18-12/h9,15H,5-8H2,1-4H3. The number of hydrogen-bond donors (Lipinski definition) is 1. The third kappa shape index (κ3) is 3.91. The fraction of sp³-hybridized carbons (Fsp3) is 0.750. The summed E-state index contributed by atoms with van der Waals surface area (Å²) in [6, 6.07) is 0.341. The highest BCUT2D eigenvalue weighted by Crippen LogP contribution is 2.28. The molecule has 1 heterocycles. The molecule has 0 aromatic carbocycles. The fourth-order valence-electron chi connectivity index (χ4n) is 1.63. The number of ether oxygens (including phenoxy) is 2. The van der Waals surface area contributed by atoms with Crippen LogP contribution in [0.4, 0.5) is 5.13 Å². The highest BCUT2D eigenvalue weighted by atomic mass is 32.1. The Kier molecular flexibility index (Phi) is 6.56. The van der Waals surface area contributed by atoms with E-state index in [4.69, 9.17) is 9.47 Å². The van der Waals surface area contributed by atoms with Gasteiger partial charge in [-0.15, -0.1) is 0 Å². The van der Waals surface area contributed by atoms with Gasteiger partial charge in [0.2, 0.25) is 0 Å². The molecule has 1 rings (SSSR count). The van der Waals surface area contributed by atoms with E-state index >= 15 is 0 Å². The van der Waals surface area contributed by atoms with E-state index in [1.807, 2.05) is 0 Å². The van der Waals surface area contributed by atoms with Crippen LogP contribution in [0, 0.1) is 0 Å². The number of anilines is 1. The van der Waals surface area contributed by atoms with E-state index in [9.17, 15) is 5.11 Å². The van der Waals surface area contributed by atoms with Crippen LogP contribution in [0.15, 0.2) is 0 Å². The fourth-order valence-corrected chi connectivity index (χ4v) is 2.71. The maximum absolute atomic E-state index is 9.33. The van der Waals surface area contributed by atoms with Crippen LogP contribution in [0.5, 0.6) is 0 Å². The van der Waals surface area contributed by atoms with E-state index in [2.05, 4.69) is 23.7 Å². The van der Waals surface area contributed by atoms with E-state index in [-0.39, 0.29) is 6.61 Å². The van der Waals surface area contributed by atoms with Crippen LogP contribution in [0.2, 0.25) is 0 Å². The summed E-state index contributed by atoms with van der Waals surface area (Å²) in [4.78, 5) is 7.59. The van der Waals surface area contributed by atoms with E-state index in [0.29, 0.717) is 19.3 Å². The quantitative estimate of drug-likeness (QED) is 0.781. The molecule has 0 saturated carbocycles. The normalized spacial score (nSPS) is 11.2. The molecule has 0 atom stereocenters. The van der Waals surface area contributed by atoms with E-state index in [1.54, 1.807) is 14.2 Å². The molecular weight excluding hydrogens is 252 g/mol. The van der Waals surface area contributed by atoms with Gasteiger partial charge in [0, 0.05) is 26.8 Å². The molecule has 104 valence electrons. The number of aliphatic hydroxyl groups is 1. The molecule has 6 heteroatoms. The zero-order valence-corrected chi connectivity index (χ0v) is 12.3. The smallest absolute Gasteiger partial charge is 0.186 e. The Hall–Kier alpha value is -0.690. The molecule has 18 heavy (non-hydrogen) atoms. The Morgan fingerprint density at radius 2 is 2.06 bits per heavy atom. The second-order valence-corrected chi connectivity index (χ2v) is 5.30. The molecule has 0 aliphatic rings. The number of aromatic nitrogens is 1. The highest BCUT2D eigenvalue weighted by Gasteiger charge is 2.17. The Labute approximate surface area is 112 Å². The zero-order chi connectivity index (χ0) is 13.5. The van der Waals surface area contributed by atoms with Crippen LogP contribution in [0.1, 0.15) is 24.4 Å². The minimum Gasteiger partial charge on any atom is -0.391 e. The molecule has 0 radical (unpaired) electrons. The summed E-state index contributed by atoms with van der Waals surface area (Å²) in [5, 5.41) is 10.2. The summed E-state index contributed by atoms with van der Waals surface area (Å²) < 4.78 is 10.2. The Morgan fingerprint density at radius 1 is 1.33 bits per heavy atom. The molecule has 0 saturated heterocycles. The Balaban J connectivity index is 2.90. The second kappa shape index (κ2) is 7.68. The molecule has 0 spiro atoms. The van der Waals surface area contributed by atoms with Gasteiger partial charge in [-0.25, -0.2) is 4.98 Å². The van der Waals surface area contributed by atoms with Gasteiger partial charge < -0.3 is 19.5 Å². The molecule has 0 fully saturated rings. The molecule has 1 aromatic heterocycles. The molecule has 0 unspecified atom stereocenters. The van der Waals surface area contributed by atoms with Gasteiger partial charge in [-0.1, -0.05) is 11.3 Å². The number of methoxy groups -OCH3 is 2. The predicted molar refractivity (Wildman–Crippen MR) is 73.1 cm³/mol. The van der Waals surface area contributed by atoms with Gasteiger partial charge in [0.05, 0.1) is 30.4 Å². The monoisotopic (exact) mass is 274 g/mol. The maximum atomic E-state index is 9.33. The number of hydrogen-bond acceptors (Lipinski definition) is 6. The number of thiazole rings is 1. The van der Waals surface area contributed by atoms with Crippen LogP contribution in [-0.2, 0) is 22.7 Å². The SMILES string of the molecule is COCCN(c1nc(COC)c(CO)s1)C(C)C. The first-order chi connectivity index (χ1) is 8.63. The van der Waals surface area contributed by atoms with Crippen molar-refractivity contribution in [1.29, 1.82) is 0 Å². The Bertz CT molecular complexity index is 355. The summed E-state index contributed by atoms with van der Waals surface area (Å²) in [5.41, 5.74) is 0.822. The lowest BCUT2D eigenvalue weighted by atomic mass is 10.3. The van der Waals surface area contributed by atoms with Gasteiger partial charge in [0.25, 0.3) is 0 Å². The van der Waals surface area contributed by atoms with Gasteiger partial charge in [0.1, 0.15) is 0 Å². The largest absolute Gasteiger partial charge is 0.391 e. The van der Waals surface area contributed by atoms with Crippen molar-refractivity contribution in [2.45, 2.75) is 33.1 Å². The van der Waals surface area contributed by atoms with Crippen LogP contribution in [0.3, 0.4) is 0 Å². The molecule has 1 N–H and O–H groups in total. The van der Waals surface area contributed by atoms with E-state index < -0.39 is 0 Å². The molecule has 0 bridgehead atoms. The van der Waals surface area contributed by atoms with Crippen LogP contribution < -0.4 is 4.90 Å². The average Bonchev–Trinajstić information content (AvgIpc) is 2.73. The Morgan fingerprint density at radius 3 is 2.56 bits per heavy atom. The first-order valence-corrected chi connectivity index (χ1v) is 6.79. The maximum Gasteiger partial charge on any atom is 0.186 e. The highest BCUT2D eigenvalue weighted by molar-refractivity contribution is 7.15. The molecule has 5 nitrogen and oxygen atoms in total. The molecule has 1 aromatic rings. The predicted octanol–water partition coefficient (Wildman–Crippen LogP) is 1.64. The summed E-state index contributed by atoms with van der Waals surface area (Å²) in [6.45, 7) is 6.12. The average molecular weight is 274 g/mol. The van der Waals surface area contributed by atoms with Gasteiger partial charge in [-0.3, -0.25) is 0 Å². The van der Waals surface area contributed by atoms with Crippen molar-refractivity contribution in [2.75, 3.05) is 32.3 Å². The lowest BCUT2D eigenvalue weighted by Crippen LogP contribution is -2.33. The van der Waals surface area contributed by atoms with Crippen molar-refractivity contribution in [3.05, 3.63) is 10.6 Å². The van der Waals surface area contributed by atoms with E-state index in [0.717, 1.165) is 22.2 Å². The van der Waals surface area contributed by atoms with Gasteiger partial charge in [-0.05, 0) is 13.8 Å². The van der Waals surface area contributed by atoms with Crippen LogP contribution >= 0.6 is 11.3 Å². The summed E-state index contributed by atoms with van der Waals surface area (Å²) in [5.74, 6) is 0. The van der Waals surface area contributed by atoms with Crippen LogP contribution in [0.25, 0.3) is 0 Å². The topological polar surface area (TPSA) is 54.8 Å². The number of nitrogens with zero attached hydrogens (tertiary/aromatic N) is 2. The molecule has 0 aliphatic carbocycles. The number of rotatable bonds is 8. The number of aliphatic hydroxyl groups excluding tert-OH is 1. The molecule has 0 aliphatic heterocycles. The third-order valence-corrected chi connectivity index (χ3v) is 3.72. The van der Waals surface area contributed by atoms with Crippen molar-refractivity contribution >= 4 is 16.5 Å². The van der Waals surface area contributed by atoms with Crippen molar-refractivity contribution in [3.8, 4) is 0 Å². The lowest BCUT2D eigenvalue weighted by Gasteiger charge is -2.25. The second-order valence-electron chi connectivity index (χ2n) is 4.24. The zero-order valence-electron chi connectivity index (χ0n) is 11.5. The van der Waals surface area contributed by atoms with Crippen LogP contribution in [-0.4, -0.2) is 43.5 Å². The summed E-state index contributed by atoms with van der Waals surface area (Å²) in [7, 11) is 3.32. The summed E-state index contributed by atoms with van der Waals surface area (Å²) in [6.07, 6.45) is 0.